The molecule has 190 valence electrons. The molecule has 0 saturated carbocycles. The average molecular weight is 522 g/mol. The summed E-state index contributed by atoms with van der Waals surface area (Å²) in [7, 11) is 1.73. The Hall–Kier alpha value is -4.36. The molecule has 2 N–H and O–H groups in total. The van der Waals surface area contributed by atoms with Gasteiger partial charge in [0.2, 0.25) is 5.91 Å². The fourth-order valence-electron chi connectivity index (χ4n) is 4.57. The Balaban J connectivity index is 1.48. The topological polar surface area (TPSA) is 78.5 Å². The Morgan fingerprint density at radius 2 is 1.42 bits per heavy atom. The van der Waals surface area contributed by atoms with E-state index in [1.807, 2.05) is 109 Å². The maximum atomic E-state index is 13.7. The van der Waals surface area contributed by atoms with Gasteiger partial charge >= 0.3 is 6.03 Å². The first-order chi connectivity index (χ1) is 18.5. The van der Waals surface area contributed by atoms with E-state index in [1.54, 1.807) is 11.9 Å². The molecule has 1 fully saturated rings. The first-order valence-corrected chi connectivity index (χ1v) is 13.2. The lowest BCUT2D eigenvalue weighted by Gasteiger charge is -2.27. The van der Waals surface area contributed by atoms with E-state index in [2.05, 4.69) is 10.6 Å². The molecular weight excluding hydrogens is 494 g/mol. The van der Waals surface area contributed by atoms with E-state index in [1.165, 1.54) is 0 Å². The lowest BCUT2D eigenvalue weighted by atomic mass is 9.98. The molecule has 6 nitrogen and oxygen atoms in total. The van der Waals surface area contributed by atoms with Crippen molar-refractivity contribution in [1.29, 1.82) is 0 Å². The molecule has 4 aromatic rings. The summed E-state index contributed by atoms with van der Waals surface area (Å²) in [5.74, 6) is -0.307. The maximum absolute atomic E-state index is 13.7. The highest BCUT2D eigenvalue weighted by Crippen LogP contribution is 2.32. The standard InChI is InChI=1S/C31H27N3O3S/c1-34(30(36)32-28(22-13-7-3-8-14-22)23-15-9-4-10-16-23)26-19-24(21-11-5-2-6-12-21)17-18-25(26)20-27-29(35)33-31(37)38-27/h2-19,27-28H,20H2,1H3,(H,32,36)(H,33,35,37). The van der Waals surface area contributed by atoms with Gasteiger partial charge in [0.15, 0.2) is 0 Å². The van der Waals surface area contributed by atoms with Crippen molar-refractivity contribution in [2.24, 2.45) is 0 Å². The molecular formula is C31H27N3O3S. The lowest BCUT2D eigenvalue weighted by molar-refractivity contribution is -0.118. The largest absolute Gasteiger partial charge is 0.327 e. The van der Waals surface area contributed by atoms with Crippen molar-refractivity contribution in [3.63, 3.8) is 0 Å². The molecule has 38 heavy (non-hydrogen) atoms. The lowest BCUT2D eigenvalue weighted by Crippen LogP contribution is -2.40. The molecule has 7 heteroatoms. The fourth-order valence-corrected chi connectivity index (χ4v) is 5.41. The zero-order valence-electron chi connectivity index (χ0n) is 20.8. The molecule has 1 unspecified atom stereocenters. The van der Waals surface area contributed by atoms with Crippen LogP contribution in [-0.2, 0) is 11.2 Å². The average Bonchev–Trinajstić information content (AvgIpc) is 3.28. The molecule has 0 aliphatic carbocycles. The van der Waals surface area contributed by atoms with E-state index in [0.717, 1.165) is 39.6 Å². The monoisotopic (exact) mass is 521 g/mol. The van der Waals surface area contributed by atoms with Gasteiger partial charge in [0.05, 0.1) is 11.3 Å². The van der Waals surface area contributed by atoms with Crippen LogP contribution in [0.25, 0.3) is 11.1 Å². The number of carbonyl (C=O) groups excluding carboxylic acids is 3. The van der Waals surface area contributed by atoms with Crippen LogP contribution in [0.3, 0.4) is 0 Å². The minimum absolute atomic E-state index is 0.284. The van der Waals surface area contributed by atoms with E-state index >= 15 is 0 Å². The van der Waals surface area contributed by atoms with Crippen molar-refractivity contribution < 1.29 is 14.4 Å². The molecule has 4 amide bonds. The van der Waals surface area contributed by atoms with E-state index in [9.17, 15) is 14.4 Å². The van der Waals surface area contributed by atoms with Gasteiger partial charge in [-0.25, -0.2) is 4.79 Å². The number of amides is 4. The molecule has 0 radical (unpaired) electrons. The molecule has 0 aromatic heterocycles. The van der Waals surface area contributed by atoms with Gasteiger partial charge in [-0.15, -0.1) is 0 Å². The number of nitrogens with one attached hydrogen (secondary N) is 2. The van der Waals surface area contributed by atoms with E-state index in [4.69, 9.17) is 0 Å². The van der Waals surface area contributed by atoms with Gasteiger partial charge in [0.1, 0.15) is 0 Å². The number of anilines is 1. The van der Waals surface area contributed by atoms with Gasteiger partial charge in [-0.3, -0.25) is 19.8 Å². The first kappa shape index (κ1) is 25.3. The number of hydrogen-bond donors (Lipinski definition) is 2. The van der Waals surface area contributed by atoms with Gasteiger partial charge in [-0.2, -0.15) is 0 Å². The normalized spacial score (nSPS) is 14.8. The smallest absolute Gasteiger partial charge is 0.322 e. The van der Waals surface area contributed by atoms with Crippen LogP contribution < -0.4 is 15.5 Å². The summed E-state index contributed by atoms with van der Waals surface area (Å²) < 4.78 is 0. The van der Waals surface area contributed by atoms with Crippen LogP contribution in [-0.4, -0.2) is 29.5 Å². The molecule has 5 rings (SSSR count). The molecule has 1 aliphatic heterocycles. The fraction of sp³-hybridized carbons (Fsp3) is 0.129. The van der Waals surface area contributed by atoms with Crippen LogP contribution in [0.2, 0.25) is 0 Å². The second-order valence-electron chi connectivity index (χ2n) is 9.06. The number of carbonyl (C=O) groups is 3. The van der Waals surface area contributed by atoms with Crippen molar-refractivity contribution in [3.05, 3.63) is 126 Å². The third kappa shape index (κ3) is 5.63. The van der Waals surface area contributed by atoms with Gasteiger partial charge in [-0.1, -0.05) is 115 Å². The molecule has 1 atom stereocenters. The predicted octanol–water partition coefficient (Wildman–Crippen LogP) is 6.18. The molecule has 4 aromatic carbocycles. The summed E-state index contributed by atoms with van der Waals surface area (Å²) in [5, 5.41) is 4.66. The van der Waals surface area contributed by atoms with Crippen molar-refractivity contribution >= 4 is 34.6 Å². The number of imide groups is 1. The zero-order chi connectivity index (χ0) is 26.5. The van der Waals surface area contributed by atoms with Crippen molar-refractivity contribution in [2.45, 2.75) is 17.7 Å². The van der Waals surface area contributed by atoms with E-state index in [-0.39, 0.29) is 23.2 Å². The summed E-state index contributed by atoms with van der Waals surface area (Å²) in [5.41, 5.74) is 5.39. The number of nitrogens with zero attached hydrogens (tertiary/aromatic N) is 1. The number of urea groups is 1. The van der Waals surface area contributed by atoms with Crippen LogP contribution in [0.15, 0.2) is 109 Å². The summed E-state index contributed by atoms with van der Waals surface area (Å²) in [6, 6.07) is 34.8. The highest BCUT2D eigenvalue weighted by Gasteiger charge is 2.33. The Bertz CT molecular complexity index is 1410. The van der Waals surface area contributed by atoms with Crippen LogP contribution >= 0.6 is 11.8 Å². The molecule has 0 bridgehead atoms. The molecule has 1 saturated heterocycles. The third-order valence-corrected chi connectivity index (χ3v) is 7.55. The van der Waals surface area contributed by atoms with Crippen LogP contribution in [0, 0.1) is 0 Å². The Morgan fingerprint density at radius 3 is 1.97 bits per heavy atom. The first-order valence-electron chi connectivity index (χ1n) is 12.3. The summed E-state index contributed by atoms with van der Waals surface area (Å²) in [6.45, 7) is 0. The molecule has 0 spiro atoms. The minimum Gasteiger partial charge on any atom is -0.327 e. The Morgan fingerprint density at radius 1 is 0.842 bits per heavy atom. The van der Waals surface area contributed by atoms with Gasteiger partial charge < -0.3 is 5.32 Å². The second kappa shape index (κ2) is 11.4. The molecule has 1 heterocycles. The number of hydrogen-bond acceptors (Lipinski definition) is 4. The SMILES string of the molecule is CN(C(=O)NC(c1ccccc1)c1ccccc1)c1cc(-c2ccccc2)ccc1CC1SC(=O)NC1=O. The van der Waals surface area contributed by atoms with Crippen molar-refractivity contribution in [3.8, 4) is 11.1 Å². The number of rotatable bonds is 7. The van der Waals surface area contributed by atoms with E-state index in [0.29, 0.717) is 12.1 Å². The Labute approximate surface area is 226 Å². The van der Waals surface area contributed by atoms with E-state index < -0.39 is 5.25 Å². The summed E-state index contributed by atoms with van der Waals surface area (Å²) >= 11 is 0.984. The second-order valence-corrected chi connectivity index (χ2v) is 10.2. The highest BCUT2D eigenvalue weighted by molar-refractivity contribution is 8.15. The van der Waals surface area contributed by atoms with Crippen LogP contribution in [0.1, 0.15) is 22.7 Å². The van der Waals surface area contributed by atoms with Crippen molar-refractivity contribution in [1.82, 2.24) is 10.6 Å². The number of benzene rings is 4. The van der Waals surface area contributed by atoms with Gasteiger partial charge in [0.25, 0.3) is 5.24 Å². The predicted molar refractivity (Wildman–Crippen MR) is 152 cm³/mol. The van der Waals surface area contributed by atoms with Crippen LogP contribution in [0.5, 0.6) is 0 Å². The zero-order valence-corrected chi connectivity index (χ0v) is 21.7. The van der Waals surface area contributed by atoms with Gasteiger partial charge in [-0.05, 0) is 40.3 Å². The number of thioether (sulfide) groups is 1. The third-order valence-electron chi connectivity index (χ3n) is 6.56. The summed E-state index contributed by atoms with van der Waals surface area (Å²) in [6.07, 6.45) is 0.324. The summed E-state index contributed by atoms with van der Waals surface area (Å²) in [4.78, 5) is 39.4. The quantitative estimate of drug-likeness (QED) is 0.304. The van der Waals surface area contributed by atoms with Gasteiger partial charge in [0, 0.05) is 12.7 Å². The minimum atomic E-state index is -0.540. The van der Waals surface area contributed by atoms with Crippen LogP contribution in [0.4, 0.5) is 15.3 Å². The highest BCUT2D eigenvalue weighted by atomic mass is 32.2. The molecule has 1 aliphatic rings. The maximum Gasteiger partial charge on any atom is 0.322 e. The Kier molecular flexibility index (Phi) is 7.56. The van der Waals surface area contributed by atoms with Crippen molar-refractivity contribution in [2.75, 3.05) is 11.9 Å².